The second-order valence-corrected chi connectivity index (χ2v) is 8.29. The number of esters is 1. The standard InChI is InChI=1S/C21H24N2O4/c1-3-13-11-23(26)9-8-20-14-6-4-5-7-16(14)22-18(20)17(23)10-15(13)21(20,12-24)19(25)27-2/h3-7,15,17,24H,8-12H2,1-2H3/b13-3-/t15-,17-,20+,21-,23+/m0/s1. The molecule has 6 heteroatoms. The summed E-state index contributed by atoms with van der Waals surface area (Å²) in [5.41, 5.74) is 1.62. The van der Waals surface area contributed by atoms with Gasteiger partial charge >= 0.3 is 5.97 Å². The Morgan fingerprint density at radius 2 is 2.26 bits per heavy atom. The normalized spacial score (nSPS) is 42.5. The van der Waals surface area contributed by atoms with Gasteiger partial charge in [-0.3, -0.25) is 9.79 Å². The quantitative estimate of drug-likeness (QED) is 0.376. The highest BCUT2D eigenvalue weighted by Gasteiger charge is 2.76. The van der Waals surface area contributed by atoms with Gasteiger partial charge in [0.15, 0.2) is 0 Å². The topological polar surface area (TPSA) is 82.0 Å². The van der Waals surface area contributed by atoms with Gasteiger partial charge in [0.1, 0.15) is 18.0 Å². The van der Waals surface area contributed by atoms with Crippen molar-refractivity contribution in [3.05, 3.63) is 46.7 Å². The number of carbonyl (C=O) groups excluding carboxylic acids is 1. The molecule has 0 amide bonds. The highest BCUT2D eigenvalue weighted by Crippen LogP contribution is 2.67. The molecule has 4 aliphatic rings. The maximum Gasteiger partial charge on any atom is 0.316 e. The molecule has 27 heavy (non-hydrogen) atoms. The highest BCUT2D eigenvalue weighted by atomic mass is 16.5. The van der Waals surface area contributed by atoms with E-state index in [2.05, 4.69) is 0 Å². The lowest BCUT2D eigenvalue weighted by Gasteiger charge is -2.68. The molecule has 0 unspecified atom stereocenters. The molecule has 3 aliphatic heterocycles. The fourth-order valence-corrected chi connectivity index (χ4v) is 6.55. The summed E-state index contributed by atoms with van der Waals surface area (Å²) in [5, 5.41) is 24.5. The zero-order chi connectivity index (χ0) is 19.0. The van der Waals surface area contributed by atoms with Crippen LogP contribution in [-0.4, -0.2) is 54.3 Å². The number of hydrogen-bond acceptors (Lipinski definition) is 5. The van der Waals surface area contributed by atoms with E-state index in [0.717, 1.165) is 22.5 Å². The molecule has 0 radical (unpaired) electrons. The predicted molar refractivity (Wildman–Crippen MR) is 100 cm³/mol. The number of aliphatic hydroxyl groups excluding tert-OH is 1. The van der Waals surface area contributed by atoms with E-state index in [1.165, 1.54) is 7.11 Å². The molecule has 5 atom stereocenters. The Bertz CT molecular complexity index is 909. The number of aliphatic imine (C=N–C) groups is 1. The first-order chi connectivity index (χ1) is 13.0. The molecule has 1 aromatic carbocycles. The summed E-state index contributed by atoms with van der Waals surface area (Å²) < 4.78 is 5.00. The van der Waals surface area contributed by atoms with E-state index in [4.69, 9.17) is 9.73 Å². The van der Waals surface area contributed by atoms with Crippen LogP contribution in [0.2, 0.25) is 0 Å². The fraction of sp³-hybridized carbons (Fsp3) is 0.524. The third-order valence-electron chi connectivity index (χ3n) is 7.67. The molecule has 142 valence electrons. The van der Waals surface area contributed by atoms with Gasteiger partial charge < -0.3 is 19.7 Å². The molecule has 5 rings (SSSR count). The third kappa shape index (κ3) is 1.68. The zero-order valence-electron chi connectivity index (χ0n) is 15.6. The Morgan fingerprint density at radius 3 is 2.96 bits per heavy atom. The van der Waals surface area contributed by atoms with Crippen molar-refractivity contribution in [3.63, 3.8) is 0 Å². The lowest BCUT2D eigenvalue weighted by atomic mass is 9.43. The second kappa shape index (κ2) is 5.28. The van der Waals surface area contributed by atoms with Gasteiger partial charge in [0.25, 0.3) is 0 Å². The van der Waals surface area contributed by atoms with Crippen molar-refractivity contribution in [2.75, 3.05) is 26.8 Å². The summed E-state index contributed by atoms with van der Waals surface area (Å²) >= 11 is 0. The van der Waals surface area contributed by atoms with Crippen molar-refractivity contribution in [2.45, 2.75) is 31.2 Å². The number of benzene rings is 1. The van der Waals surface area contributed by atoms with E-state index >= 15 is 0 Å². The van der Waals surface area contributed by atoms with Crippen LogP contribution in [0.15, 0.2) is 40.9 Å². The van der Waals surface area contributed by atoms with Crippen molar-refractivity contribution in [2.24, 2.45) is 16.3 Å². The first kappa shape index (κ1) is 17.1. The van der Waals surface area contributed by atoms with Crippen LogP contribution >= 0.6 is 0 Å². The largest absolute Gasteiger partial charge is 0.632 e. The minimum atomic E-state index is -1.14. The highest BCUT2D eigenvalue weighted by molar-refractivity contribution is 6.10. The number of piperidine rings is 2. The van der Waals surface area contributed by atoms with Crippen molar-refractivity contribution >= 4 is 17.4 Å². The fourth-order valence-electron chi connectivity index (χ4n) is 6.55. The average molecular weight is 368 g/mol. The van der Waals surface area contributed by atoms with Gasteiger partial charge in [-0.05, 0) is 24.1 Å². The smallest absolute Gasteiger partial charge is 0.316 e. The van der Waals surface area contributed by atoms with Crippen LogP contribution in [0.1, 0.15) is 25.3 Å². The van der Waals surface area contributed by atoms with E-state index in [1.807, 2.05) is 37.3 Å². The monoisotopic (exact) mass is 368 g/mol. The van der Waals surface area contributed by atoms with E-state index in [9.17, 15) is 15.1 Å². The number of methoxy groups -OCH3 is 1. The molecule has 3 fully saturated rings. The Labute approximate surface area is 158 Å². The Morgan fingerprint density at radius 1 is 1.48 bits per heavy atom. The molecule has 6 nitrogen and oxygen atoms in total. The van der Waals surface area contributed by atoms with Crippen molar-refractivity contribution in [1.29, 1.82) is 0 Å². The molecule has 1 aliphatic carbocycles. The molecule has 1 aromatic rings. The van der Waals surface area contributed by atoms with E-state index in [1.54, 1.807) is 0 Å². The van der Waals surface area contributed by atoms with Gasteiger partial charge in [0, 0.05) is 18.8 Å². The summed E-state index contributed by atoms with van der Waals surface area (Å²) in [5.74, 6) is -0.611. The van der Waals surface area contributed by atoms with Gasteiger partial charge in [-0.2, -0.15) is 0 Å². The van der Waals surface area contributed by atoms with Gasteiger partial charge in [-0.15, -0.1) is 0 Å². The number of hydroxylamine groups is 3. The number of rotatable bonds is 2. The van der Waals surface area contributed by atoms with Crippen LogP contribution < -0.4 is 0 Å². The van der Waals surface area contributed by atoms with Gasteiger partial charge in [0.2, 0.25) is 0 Å². The average Bonchev–Trinajstić information content (AvgIpc) is 3.04. The minimum absolute atomic E-state index is 0.212. The van der Waals surface area contributed by atoms with Crippen LogP contribution in [0.5, 0.6) is 0 Å². The van der Waals surface area contributed by atoms with E-state index in [-0.39, 0.29) is 23.2 Å². The van der Waals surface area contributed by atoms with E-state index < -0.39 is 16.8 Å². The molecule has 0 aromatic heterocycles. The Hall–Kier alpha value is -2.02. The van der Waals surface area contributed by atoms with Crippen LogP contribution in [0.4, 0.5) is 5.69 Å². The first-order valence-electron chi connectivity index (χ1n) is 9.59. The number of allylic oxidation sites excluding steroid dienone is 1. The molecule has 3 bridgehead atoms. The van der Waals surface area contributed by atoms with Crippen molar-refractivity contribution < 1.29 is 19.3 Å². The Balaban J connectivity index is 1.88. The number of aliphatic hydroxyl groups is 1. The molecular weight excluding hydrogens is 344 g/mol. The van der Waals surface area contributed by atoms with Gasteiger partial charge in [-0.25, -0.2) is 0 Å². The molecular formula is C21H24N2O4. The number of nitrogens with zero attached hydrogens (tertiary/aromatic N) is 2. The minimum Gasteiger partial charge on any atom is -0.632 e. The number of ether oxygens (including phenoxy) is 1. The number of para-hydroxylation sites is 1. The van der Waals surface area contributed by atoms with Crippen LogP contribution in [0, 0.1) is 16.5 Å². The SMILES string of the molecule is C/C=C1/C[N@+]2([O-])CC[C@]34C(=Nc5ccccc53)[C@@H]2C[C@@H]1[C@@]4(CO)C(=O)OC. The molecule has 1 N–H and O–H groups in total. The molecule has 2 saturated heterocycles. The second-order valence-electron chi connectivity index (χ2n) is 8.29. The van der Waals surface area contributed by atoms with E-state index in [0.29, 0.717) is 25.9 Å². The molecule has 3 heterocycles. The van der Waals surface area contributed by atoms with Crippen LogP contribution in [-0.2, 0) is 14.9 Å². The number of quaternary nitrogens is 1. The van der Waals surface area contributed by atoms with Gasteiger partial charge in [-0.1, -0.05) is 24.3 Å². The maximum atomic E-state index is 13.7. The number of hydrogen-bond donors (Lipinski definition) is 1. The number of carbonyl (C=O) groups is 1. The summed E-state index contributed by atoms with van der Waals surface area (Å²) in [6.07, 6.45) is 3.00. The molecule has 0 spiro atoms. The molecule has 1 saturated carbocycles. The zero-order valence-corrected chi connectivity index (χ0v) is 15.6. The lowest BCUT2D eigenvalue weighted by Crippen LogP contribution is -2.78. The van der Waals surface area contributed by atoms with Crippen molar-refractivity contribution in [3.8, 4) is 0 Å². The van der Waals surface area contributed by atoms with Gasteiger partial charge in [0.05, 0.1) is 37.1 Å². The Kier molecular flexibility index (Phi) is 3.34. The predicted octanol–water partition coefficient (Wildman–Crippen LogP) is 2.23. The lowest BCUT2D eigenvalue weighted by molar-refractivity contribution is -0.901. The van der Waals surface area contributed by atoms with Crippen LogP contribution in [0.25, 0.3) is 0 Å². The third-order valence-corrected chi connectivity index (χ3v) is 7.67. The number of fused-ring (bicyclic) bond motifs is 2. The maximum absolute atomic E-state index is 13.7. The van der Waals surface area contributed by atoms with Crippen molar-refractivity contribution in [1.82, 2.24) is 0 Å². The summed E-state index contributed by atoms with van der Waals surface area (Å²) in [4.78, 5) is 18.2. The summed E-state index contributed by atoms with van der Waals surface area (Å²) in [7, 11) is 1.38. The summed E-state index contributed by atoms with van der Waals surface area (Å²) in [6, 6.07) is 7.55. The van der Waals surface area contributed by atoms with Crippen LogP contribution in [0.3, 0.4) is 0 Å². The first-order valence-corrected chi connectivity index (χ1v) is 9.59. The summed E-state index contributed by atoms with van der Waals surface area (Å²) in [6.45, 7) is 2.37.